The molecule has 0 N–H and O–H groups in total. The molecule has 2 aliphatic rings. The molecule has 0 aromatic carbocycles. The Morgan fingerprint density at radius 1 is 1.17 bits per heavy atom. The summed E-state index contributed by atoms with van der Waals surface area (Å²) in [5, 5.41) is 0.280. The highest BCUT2D eigenvalue weighted by Crippen LogP contribution is 2.61. The SMILES string of the molecule is CC(C)(C)[Si](C)(C)OCC12CCC(C=O)(CC1)C2. The van der Waals surface area contributed by atoms with E-state index < -0.39 is 8.32 Å². The molecule has 18 heavy (non-hydrogen) atoms. The van der Waals surface area contributed by atoms with Gasteiger partial charge in [-0.05, 0) is 55.7 Å². The topological polar surface area (TPSA) is 26.3 Å². The maximum absolute atomic E-state index is 11.3. The fraction of sp³-hybridized carbons (Fsp3) is 0.933. The predicted molar refractivity (Wildman–Crippen MR) is 77.2 cm³/mol. The fourth-order valence-electron chi connectivity index (χ4n) is 3.28. The van der Waals surface area contributed by atoms with Gasteiger partial charge in [0.2, 0.25) is 0 Å². The van der Waals surface area contributed by atoms with Crippen molar-refractivity contribution in [2.75, 3.05) is 6.61 Å². The third-order valence-electron chi connectivity index (χ3n) is 5.83. The molecular weight excluding hydrogens is 240 g/mol. The van der Waals surface area contributed by atoms with E-state index in [2.05, 4.69) is 33.9 Å². The first kappa shape index (κ1) is 14.3. The number of carbonyl (C=O) groups excluding carboxylic acids is 1. The maximum atomic E-state index is 11.3. The van der Waals surface area contributed by atoms with Crippen LogP contribution in [0.4, 0.5) is 0 Å². The molecule has 0 aromatic rings. The molecule has 0 saturated heterocycles. The van der Waals surface area contributed by atoms with Gasteiger partial charge in [-0.1, -0.05) is 20.8 Å². The molecule has 2 fully saturated rings. The van der Waals surface area contributed by atoms with E-state index in [1.54, 1.807) is 0 Å². The summed E-state index contributed by atoms with van der Waals surface area (Å²) in [5.41, 5.74) is 0.354. The van der Waals surface area contributed by atoms with Crippen molar-refractivity contribution in [2.24, 2.45) is 10.8 Å². The number of rotatable bonds is 4. The van der Waals surface area contributed by atoms with Gasteiger partial charge >= 0.3 is 0 Å². The molecule has 0 radical (unpaired) electrons. The van der Waals surface area contributed by atoms with Gasteiger partial charge in [0.1, 0.15) is 6.29 Å². The molecule has 0 amide bonds. The summed E-state index contributed by atoms with van der Waals surface area (Å²) in [6, 6.07) is 0. The van der Waals surface area contributed by atoms with Crippen LogP contribution in [0, 0.1) is 10.8 Å². The Labute approximate surface area is 113 Å². The average molecular weight is 268 g/mol. The van der Waals surface area contributed by atoms with Crippen molar-refractivity contribution < 1.29 is 9.22 Å². The van der Waals surface area contributed by atoms with E-state index in [1.165, 1.54) is 19.1 Å². The second-order valence-electron chi connectivity index (χ2n) is 8.21. The molecule has 0 unspecified atom stereocenters. The Morgan fingerprint density at radius 2 is 1.72 bits per heavy atom. The number of carbonyl (C=O) groups is 1. The predicted octanol–water partition coefficient (Wildman–Crippen LogP) is 4.16. The Kier molecular flexibility index (Phi) is 3.30. The molecule has 2 nitrogen and oxygen atoms in total. The normalized spacial score (nSPS) is 36.1. The van der Waals surface area contributed by atoms with Crippen molar-refractivity contribution in [3.05, 3.63) is 0 Å². The van der Waals surface area contributed by atoms with E-state index >= 15 is 0 Å². The molecule has 0 aliphatic heterocycles. The van der Waals surface area contributed by atoms with Gasteiger partial charge in [0.05, 0.1) is 0 Å². The van der Waals surface area contributed by atoms with Gasteiger partial charge in [-0.3, -0.25) is 0 Å². The monoisotopic (exact) mass is 268 g/mol. The van der Waals surface area contributed by atoms with Crippen LogP contribution in [0.2, 0.25) is 18.1 Å². The molecule has 0 aromatic heterocycles. The van der Waals surface area contributed by atoms with E-state index in [4.69, 9.17) is 4.43 Å². The van der Waals surface area contributed by atoms with E-state index in [1.807, 2.05) is 0 Å². The van der Waals surface area contributed by atoms with Crippen LogP contribution in [0.5, 0.6) is 0 Å². The van der Waals surface area contributed by atoms with Gasteiger partial charge in [-0.25, -0.2) is 0 Å². The van der Waals surface area contributed by atoms with Crippen molar-refractivity contribution in [3.8, 4) is 0 Å². The molecule has 2 saturated carbocycles. The van der Waals surface area contributed by atoms with E-state index in [-0.39, 0.29) is 10.5 Å². The first-order valence-electron chi connectivity index (χ1n) is 7.24. The molecule has 3 heteroatoms. The second-order valence-corrected chi connectivity index (χ2v) is 13.0. The Morgan fingerprint density at radius 3 is 2.11 bits per heavy atom. The maximum Gasteiger partial charge on any atom is 0.192 e. The van der Waals surface area contributed by atoms with Crippen LogP contribution in [0.1, 0.15) is 52.9 Å². The minimum absolute atomic E-state index is 0.0246. The van der Waals surface area contributed by atoms with Crippen LogP contribution in [0.25, 0.3) is 0 Å². The summed E-state index contributed by atoms with van der Waals surface area (Å²) in [6.07, 6.45) is 6.89. The van der Waals surface area contributed by atoms with Crippen molar-refractivity contribution in [1.82, 2.24) is 0 Å². The van der Waals surface area contributed by atoms with Crippen LogP contribution >= 0.6 is 0 Å². The van der Waals surface area contributed by atoms with Crippen LogP contribution in [0.15, 0.2) is 0 Å². The van der Waals surface area contributed by atoms with Gasteiger partial charge in [0, 0.05) is 12.0 Å². The van der Waals surface area contributed by atoms with Gasteiger partial charge in [0.15, 0.2) is 8.32 Å². The Balaban J connectivity index is 1.99. The first-order valence-corrected chi connectivity index (χ1v) is 10.2. The van der Waals surface area contributed by atoms with Crippen LogP contribution in [-0.4, -0.2) is 21.2 Å². The van der Waals surface area contributed by atoms with Gasteiger partial charge < -0.3 is 9.22 Å². The summed E-state index contributed by atoms with van der Waals surface area (Å²) in [7, 11) is -1.64. The summed E-state index contributed by atoms with van der Waals surface area (Å²) in [6.45, 7) is 12.4. The first-order chi connectivity index (χ1) is 8.14. The van der Waals surface area contributed by atoms with Crippen molar-refractivity contribution in [1.29, 1.82) is 0 Å². The van der Waals surface area contributed by atoms with Gasteiger partial charge in [-0.2, -0.15) is 0 Å². The van der Waals surface area contributed by atoms with Crippen LogP contribution < -0.4 is 0 Å². The number of fused-ring (bicyclic) bond motifs is 2. The van der Waals surface area contributed by atoms with Crippen molar-refractivity contribution in [3.63, 3.8) is 0 Å². The van der Waals surface area contributed by atoms with E-state index in [9.17, 15) is 4.79 Å². The summed E-state index contributed by atoms with van der Waals surface area (Å²) < 4.78 is 6.41. The quantitative estimate of drug-likeness (QED) is 0.565. The van der Waals surface area contributed by atoms with Crippen molar-refractivity contribution in [2.45, 2.75) is 71.0 Å². The van der Waals surface area contributed by atoms with Gasteiger partial charge in [0.25, 0.3) is 0 Å². The lowest BCUT2D eigenvalue weighted by atomic mass is 9.83. The minimum Gasteiger partial charge on any atom is -0.416 e. The van der Waals surface area contributed by atoms with Crippen LogP contribution in [-0.2, 0) is 9.22 Å². The molecule has 0 spiro atoms. The Hall–Kier alpha value is -0.153. The molecule has 2 aliphatic carbocycles. The lowest BCUT2D eigenvalue weighted by Crippen LogP contribution is -2.43. The summed E-state index contributed by atoms with van der Waals surface area (Å²) in [4.78, 5) is 11.3. The standard InChI is InChI=1S/C15H28O2Si/c1-13(2,3)18(4,5)17-12-15-8-6-14(10-15,11-16)7-9-15/h11H,6-10,12H2,1-5H3. The Bertz CT molecular complexity index is 333. The third kappa shape index (κ3) is 2.31. The number of hydrogen-bond donors (Lipinski definition) is 0. The smallest absolute Gasteiger partial charge is 0.192 e. The highest BCUT2D eigenvalue weighted by molar-refractivity contribution is 6.74. The zero-order valence-electron chi connectivity index (χ0n) is 12.6. The number of hydrogen-bond acceptors (Lipinski definition) is 2. The lowest BCUT2D eigenvalue weighted by molar-refractivity contribution is -0.115. The molecule has 2 bridgehead atoms. The van der Waals surface area contributed by atoms with Crippen molar-refractivity contribution >= 4 is 14.6 Å². The van der Waals surface area contributed by atoms with E-state index in [0.29, 0.717) is 5.41 Å². The molecular formula is C15H28O2Si. The van der Waals surface area contributed by atoms with E-state index in [0.717, 1.165) is 25.9 Å². The second kappa shape index (κ2) is 4.17. The average Bonchev–Trinajstić information content (AvgIpc) is 2.82. The largest absolute Gasteiger partial charge is 0.416 e. The molecule has 0 atom stereocenters. The van der Waals surface area contributed by atoms with Gasteiger partial charge in [-0.15, -0.1) is 0 Å². The highest BCUT2D eigenvalue weighted by atomic mass is 28.4. The third-order valence-corrected chi connectivity index (χ3v) is 10.3. The zero-order valence-corrected chi connectivity index (χ0v) is 13.6. The molecule has 104 valence electrons. The molecule has 2 rings (SSSR count). The summed E-state index contributed by atoms with van der Waals surface area (Å²) >= 11 is 0. The highest BCUT2D eigenvalue weighted by Gasteiger charge is 2.55. The lowest BCUT2D eigenvalue weighted by Gasteiger charge is -2.39. The number of aldehydes is 1. The minimum atomic E-state index is -1.64. The van der Waals surface area contributed by atoms with Crippen LogP contribution in [0.3, 0.4) is 0 Å². The fourth-order valence-corrected chi connectivity index (χ4v) is 4.38. The molecule has 0 heterocycles. The summed E-state index contributed by atoms with van der Waals surface area (Å²) in [5.74, 6) is 0. The zero-order chi connectivity index (χ0) is 13.7.